The third-order valence-electron chi connectivity index (χ3n) is 3.02. The second kappa shape index (κ2) is 6.18. The number of amides is 1. The third kappa shape index (κ3) is 3.14. The van der Waals surface area contributed by atoms with Gasteiger partial charge in [-0.3, -0.25) is 9.59 Å². The molecule has 0 radical (unpaired) electrons. The molecule has 1 aromatic carbocycles. The number of oxime groups is 1. The van der Waals surface area contributed by atoms with Crippen LogP contribution in [0.15, 0.2) is 35.5 Å². The highest BCUT2D eigenvalue weighted by molar-refractivity contribution is 6.04. The maximum absolute atomic E-state index is 12.1. The van der Waals surface area contributed by atoms with Crippen LogP contribution in [0.3, 0.4) is 0 Å². The second-order valence-corrected chi connectivity index (χ2v) is 4.47. The van der Waals surface area contributed by atoms with Gasteiger partial charge < -0.3 is 14.5 Å². The van der Waals surface area contributed by atoms with E-state index in [-0.39, 0.29) is 12.5 Å². The highest BCUT2D eigenvalue weighted by atomic mass is 16.6. The lowest BCUT2D eigenvalue weighted by molar-refractivity contribution is -0.150. The highest BCUT2D eigenvalue weighted by Gasteiger charge is 2.31. The first-order chi connectivity index (χ1) is 9.61. The zero-order valence-corrected chi connectivity index (χ0v) is 11.4. The zero-order valence-electron chi connectivity index (χ0n) is 11.4. The van der Waals surface area contributed by atoms with Gasteiger partial charge in [-0.1, -0.05) is 35.5 Å². The van der Waals surface area contributed by atoms with E-state index in [1.807, 2.05) is 30.3 Å². The monoisotopic (exact) mass is 276 g/mol. The van der Waals surface area contributed by atoms with Crippen molar-refractivity contribution in [3.05, 3.63) is 35.9 Å². The van der Waals surface area contributed by atoms with Crippen molar-refractivity contribution in [1.82, 2.24) is 4.90 Å². The molecule has 0 spiro atoms. The Hall–Kier alpha value is -2.37. The predicted octanol–water partition coefficient (Wildman–Crippen LogP) is 0.811. The third-order valence-corrected chi connectivity index (χ3v) is 3.02. The van der Waals surface area contributed by atoms with E-state index in [2.05, 4.69) is 9.89 Å². The normalized spacial score (nSPS) is 17.1. The van der Waals surface area contributed by atoms with Gasteiger partial charge in [0.25, 0.3) is 5.91 Å². The van der Waals surface area contributed by atoms with E-state index < -0.39 is 12.1 Å². The van der Waals surface area contributed by atoms with Crippen molar-refractivity contribution in [2.45, 2.75) is 12.5 Å². The number of carbonyl (C=O) groups is 2. The summed E-state index contributed by atoms with van der Waals surface area (Å²) in [5, 5.41) is 3.94. The fraction of sp³-hybridized carbons (Fsp3) is 0.357. The van der Waals surface area contributed by atoms with E-state index in [0.29, 0.717) is 6.42 Å². The quantitative estimate of drug-likeness (QED) is 0.763. The van der Waals surface area contributed by atoms with Crippen LogP contribution in [-0.4, -0.2) is 49.3 Å². The summed E-state index contributed by atoms with van der Waals surface area (Å²) in [6, 6.07) is 9.53. The van der Waals surface area contributed by atoms with E-state index in [0.717, 1.165) is 11.3 Å². The Bertz CT molecular complexity index is 527. The Labute approximate surface area is 117 Å². The Morgan fingerprint density at radius 3 is 2.75 bits per heavy atom. The SMILES string of the molecule is COC(=O)CN(C)C(=O)C1CC(c2ccccc2)=NO1. The molecule has 1 aliphatic heterocycles. The summed E-state index contributed by atoms with van der Waals surface area (Å²) in [5.41, 5.74) is 1.66. The van der Waals surface area contributed by atoms with E-state index in [1.165, 1.54) is 19.1 Å². The first-order valence-electron chi connectivity index (χ1n) is 6.21. The largest absolute Gasteiger partial charge is 0.468 e. The molecule has 1 atom stereocenters. The Morgan fingerprint density at radius 1 is 1.40 bits per heavy atom. The van der Waals surface area contributed by atoms with Gasteiger partial charge in [0.2, 0.25) is 6.10 Å². The number of ether oxygens (including phenoxy) is 1. The number of nitrogens with zero attached hydrogens (tertiary/aromatic N) is 2. The van der Waals surface area contributed by atoms with Gasteiger partial charge in [-0.2, -0.15) is 0 Å². The van der Waals surface area contributed by atoms with Crippen LogP contribution in [0.25, 0.3) is 0 Å². The van der Waals surface area contributed by atoms with Gasteiger partial charge in [-0.05, 0) is 5.56 Å². The second-order valence-electron chi connectivity index (χ2n) is 4.47. The fourth-order valence-corrected chi connectivity index (χ4v) is 1.89. The number of rotatable bonds is 4. The summed E-state index contributed by atoms with van der Waals surface area (Å²) < 4.78 is 4.52. The summed E-state index contributed by atoms with van der Waals surface area (Å²) in [6.07, 6.45) is -0.284. The number of benzene rings is 1. The maximum Gasteiger partial charge on any atom is 0.325 e. The van der Waals surface area contributed by atoms with Gasteiger partial charge in [0, 0.05) is 13.5 Å². The van der Waals surface area contributed by atoms with E-state index in [4.69, 9.17) is 4.84 Å². The molecule has 106 valence electrons. The Balaban J connectivity index is 1.94. The standard InChI is InChI=1S/C14H16N2O4/c1-16(9-13(17)19-2)14(18)12-8-11(15-20-12)10-6-4-3-5-7-10/h3-7,12H,8-9H2,1-2H3. The first-order valence-corrected chi connectivity index (χ1v) is 6.21. The molecule has 1 aliphatic rings. The molecule has 0 fully saturated rings. The topological polar surface area (TPSA) is 68.2 Å². The van der Waals surface area contributed by atoms with Crippen LogP contribution >= 0.6 is 0 Å². The molecular formula is C14H16N2O4. The summed E-state index contributed by atoms with van der Waals surface area (Å²) in [4.78, 5) is 29.7. The predicted molar refractivity (Wildman–Crippen MR) is 72.1 cm³/mol. The van der Waals surface area contributed by atoms with Crippen molar-refractivity contribution < 1.29 is 19.2 Å². The lowest BCUT2D eigenvalue weighted by Gasteiger charge is -2.18. The molecule has 1 amide bonds. The van der Waals surface area contributed by atoms with E-state index in [9.17, 15) is 9.59 Å². The molecular weight excluding hydrogens is 260 g/mol. The van der Waals surface area contributed by atoms with Crippen molar-refractivity contribution in [3.63, 3.8) is 0 Å². The number of hydrogen-bond acceptors (Lipinski definition) is 5. The minimum atomic E-state index is -0.681. The highest BCUT2D eigenvalue weighted by Crippen LogP contribution is 2.17. The summed E-state index contributed by atoms with van der Waals surface area (Å²) in [7, 11) is 2.81. The fourth-order valence-electron chi connectivity index (χ4n) is 1.89. The molecule has 6 heteroatoms. The average Bonchev–Trinajstić information content (AvgIpc) is 2.97. The lowest BCUT2D eigenvalue weighted by atomic mass is 10.0. The van der Waals surface area contributed by atoms with E-state index in [1.54, 1.807) is 0 Å². The molecule has 1 heterocycles. The minimum absolute atomic E-state index is 0.101. The molecule has 0 aromatic heterocycles. The van der Waals surface area contributed by atoms with Crippen molar-refractivity contribution in [3.8, 4) is 0 Å². The molecule has 0 bridgehead atoms. The molecule has 6 nitrogen and oxygen atoms in total. The van der Waals surface area contributed by atoms with Gasteiger partial charge in [0.1, 0.15) is 6.54 Å². The van der Waals surface area contributed by atoms with Gasteiger partial charge in [0.15, 0.2) is 0 Å². The van der Waals surface area contributed by atoms with Crippen LogP contribution < -0.4 is 0 Å². The van der Waals surface area contributed by atoms with Crippen molar-refractivity contribution >= 4 is 17.6 Å². The smallest absolute Gasteiger partial charge is 0.325 e. The number of carbonyl (C=O) groups excluding carboxylic acids is 2. The first kappa shape index (κ1) is 14.0. The molecule has 0 aliphatic carbocycles. The number of methoxy groups -OCH3 is 1. The molecule has 0 saturated carbocycles. The van der Waals surface area contributed by atoms with Crippen LogP contribution in [0.5, 0.6) is 0 Å². The van der Waals surface area contributed by atoms with Crippen molar-refractivity contribution in [2.24, 2.45) is 5.16 Å². The van der Waals surface area contributed by atoms with Crippen LogP contribution in [0.2, 0.25) is 0 Å². The zero-order chi connectivity index (χ0) is 14.5. The average molecular weight is 276 g/mol. The molecule has 20 heavy (non-hydrogen) atoms. The molecule has 0 saturated heterocycles. The minimum Gasteiger partial charge on any atom is -0.468 e. The van der Waals surface area contributed by atoms with Gasteiger partial charge in [-0.25, -0.2) is 0 Å². The number of esters is 1. The number of likely N-dealkylation sites (N-methyl/N-ethyl adjacent to an activating group) is 1. The van der Waals surface area contributed by atoms with Crippen LogP contribution in [-0.2, 0) is 19.2 Å². The molecule has 1 aromatic rings. The van der Waals surface area contributed by atoms with Crippen LogP contribution in [0, 0.1) is 0 Å². The van der Waals surface area contributed by atoms with Crippen molar-refractivity contribution in [2.75, 3.05) is 20.7 Å². The van der Waals surface area contributed by atoms with Crippen LogP contribution in [0.1, 0.15) is 12.0 Å². The van der Waals surface area contributed by atoms with Gasteiger partial charge in [-0.15, -0.1) is 0 Å². The van der Waals surface area contributed by atoms with Crippen molar-refractivity contribution in [1.29, 1.82) is 0 Å². The number of hydrogen-bond donors (Lipinski definition) is 0. The molecule has 0 N–H and O–H groups in total. The lowest BCUT2D eigenvalue weighted by Crippen LogP contribution is -2.39. The summed E-state index contributed by atoms with van der Waals surface area (Å²) in [6.45, 7) is -0.101. The summed E-state index contributed by atoms with van der Waals surface area (Å²) in [5.74, 6) is -0.756. The molecule has 1 unspecified atom stereocenters. The van der Waals surface area contributed by atoms with Crippen LogP contribution in [0.4, 0.5) is 0 Å². The maximum atomic E-state index is 12.1. The van der Waals surface area contributed by atoms with Gasteiger partial charge in [0.05, 0.1) is 12.8 Å². The van der Waals surface area contributed by atoms with E-state index >= 15 is 0 Å². The van der Waals surface area contributed by atoms with Gasteiger partial charge >= 0.3 is 5.97 Å². The summed E-state index contributed by atoms with van der Waals surface area (Å²) >= 11 is 0. The Morgan fingerprint density at radius 2 is 2.10 bits per heavy atom. The Kier molecular flexibility index (Phi) is 4.34. The molecule has 2 rings (SSSR count).